The first-order valence-corrected chi connectivity index (χ1v) is 6.01. The van der Waals surface area contributed by atoms with Crippen molar-refractivity contribution in [2.24, 2.45) is 0 Å². The summed E-state index contributed by atoms with van der Waals surface area (Å²) in [5.41, 5.74) is -1.54. The Kier molecular flexibility index (Phi) is 4.73. The lowest BCUT2D eigenvalue weighted by atomic mass is 10.1. The molecule has 0 radical (unpaired) electrons. The van der Waals surface area contributed by atoms with Crippen molar-refractivity contribution >= 4 is 34.8 Å². The number of benzene rings is 1. The molecule has 0 aliphatic heterocycles. The minimum Gasteiger partial charge on any atom is -0.389 e. The summed E-state index contributed by atoms with van der Waals surface area (Å²) in [5, 5.41) is 22.5. The van der Waals surface area contributed by atoms with Crippen LogP contribution in [0.25, 0.3) is 0 Å². The van der Waals surface area contributed by atoms with Crippen molar-refractivity contribution in [1.82, 2.24) is 5.32 Å². The molecule has 0 aromatic heterocycles. The van der Waals surface area contributed by atoms with Crippen LogP contribution in [0, 0.1) is 10.1 Å². The van der Waals surface area contributed by atoms with Crippen molar-refractivity contribution in [3.63, 3.8) is 0 Å². The zero-order valence-electron chi connectivity index (χ0n) is 10.2. The summed E-state index contributed by atoms with van der Waals surface area (Å²) in [7, 11) is 0. The highest BCUT2D eigenvalue weighted by atomic mass is 35.5. The number of rotatable bonds is 4. The lowest BCUT2D eigenvalue weighted by Crippen LogP contribution is -2.38. The van der Waals surface area contributed by atoms with Gasteiger partial charge >= 0.3 is 0 Å². The lowest BCUT2D eigenvalue weighted by molar-refractivity contribution is -0.384. The molecule has 0 saturated heterocycles. The Morgan fingerprint density at radius 3 is 2.53 bits per heavy atom. The molecule has 0 heterocycles. The molecule has 2 N–H and O–H groups in total. The van der Waals surface area contributed by atoms with Gasteiger partial charge in [0.15, 0.2) is 0 Å². The molecule has 19 heavy (non-hydrogen) atoms. The highest BCUT2D eigenvalue weighted by Gasteiger charge is 2.21. The van der Waals surface area contributed by atoms with Gasteiger partial charge in [-0.2, -0.15) is 0 Å². The number of carbonyl (C=O) groups is 1. The summed E-state index contributed by atoms with van der Waals surface area (Å²) in [6, 6.07) is 2.10. The molecule has 0 spiro atoms. The van der Waals surface area contributed by atoms with Crippen LogP contribution in [0.2, 0.25) is 10.0 Å². The molecule has 1 aromatic rings. The summed E-state index contributed by atoms with van der Waals surface area (Å²) in [4.78, 5) is 21.9. The van der Waals surface area contributed by atoms with Gasteiger partial charge in [0.1, 0.15) is 0 Å². The van der Waals surface area contributed by atoms with Crippen molar-refractivity contribution in [2.45, 2.75) is 19.4 Å². The fraction of sp³-hybridized carbons (Fsp3) is 0.364. The van der Waals surface area contributed by atoms with Crippen LogP contribution in [0.15, 0.2) is 12.1 Å². The van der Waals surface area contributed by atoms with E-state index in [0.29, 0.717) is 0 Å². The van der Waals surface area contributed by atoms with Crippen molar-refractivity contribution in [2.75, 3.05) is 6.54 Å². The first-order valence-electron chi connectivity index (χ1n) is 5.26. The van der Waals surface area contributed by atoms with Crippen LogP contribution >= 0.6 is 23.2 Å². The second kappa shape index (κ2) is 5.73. The summed E-state index contributed by atoms with van der Waals surface area (Å²) in [6.07, 6.45) is 0. The predicted octanol–water partition coefficient (Wildman–Crippen LogP) is 2.40. The first kappa shape index (κ1) is 15.7. The van der Waals surface area contributed by atoms with Crippen LogP contribution in [0.5, 0.6) is 0 Å². The average molecular weight is 307 g/mol. The number of aliphatic hydroxyl groups is 1. The summed E-state index contributed by atoms with van der Waals surface area (Å²) in [6.45, 7) is 2.99. The fourth-order valence-electron chi connectivity index (χ4n) is 1.24. The van der Waals surface area contributed by atoms with Crippen molar-refractivity contribution in [3.8, 4) is 0 Å². The number of nitrogens with zero attached hydrogens (tertiary/aromatic N) is 1. The van der Waals surface area contributed by atoms with Crippen LogP contribution in [-0.2, 0) is 0 Å². The van der Waals surface area contributed by atoms with E-state index < -0.39 is 16.4 Å². The van der Waals surface area contributed by atoms with Crippen LogP contribution in [0.4, 0.5) is 5.69 Å². The Bertz CT molecular complexity index is 526. The lowest BCUT2D eigenvalue weighted by Gasteiger charge is -2.17. The number of hydrogen-bond donors (Lipinski definition) is 2. The Labute approximate surface area is 119 Å². The van der Waals surface area contributed by atoms with Crippen LogP contribution < -0.4 is 5.32 Å². The largest absolute Gasteiger partial charge is 0.389 e. The maximum Gasteiger partial charge on any atom is 0.271 e. The van der Waals surface area contributed by atoms with Crippen LogP contribution in [0.3, 0.4) is 0 Å². The van der Waals surface area contributed by atoms with E-state index >= 15 is 0 Å². The second-order valence-electron chi connectivity index (χ2n) is 4.54. The van der Waals surface area contributed by atoms with E-state index in [1.54, 1.807) is 0 Å². The Morgan fingerprint density at radius 2 is 2.05 bits per heavy atom. The van der Waals surface area contributed by atoms with Crippen molar-refractivity contribution < 1.29 is 14.8 Å². The number of halogens is 2. The highest BCUT2D eigenvalue weighted by molar-refractivity contribution is 6.44. The van der Waals surface area contributed by atoms with Gasteiger partial charge in [0.2, 0.25) is 0 Å². The Morgan fingerprint density at radius 1 is 1.47 bits per heavy atom. The molecule has 0 atom stereocenters. The van der Waals surface area contributed by atoms with Gasteiger partial charge in [-0.15, -0.1) is 0 Å². The fourth-order valence-corrected chi connectivity index (χ4v) is 1.65. The maximum absolute atomic E-state index is 11.9. The molecule has 0 aliphatic carbocycles. The van der Waals surface area contributed by atoms with E-state index in [9.17, 15) is 20.0 Å². The van der Waals surface area contributed by atoms with Gasteiger partial charge in [-0.1, -0.05) is 23.2 Å². The van der Waals surface area contributed by atoms with E-state index in [0.717, 1.165) is 12.1 Å². The molecular weight excluding hydrogens is 295 g/mol. The molecule has 6 nitrogen and oxygen atoms in total. The normalized spacial score (nSPS) is 11.2. The SMILES string of the molecule is CC(C)(O)CNC(=O)c1cc([N+](=O)[O-])cc(Cl)c1Cl. The smallest absolute Gasteiger partial charge is 0.271 e. The molecule has 0 fully saturated rings. The average Bonchev–Trinajstić information content (AvgIpc) is 2.28. The van der Waals surface area contributed by atoms with E-state index in [-0.39, 0.29) is 27.8 Å². The first-order chi connectivity index (χ1) is 8.61. The van der Waals surface area contributed by atoms with Crippen molar-refractivity contribution in [1.29, 1.82) is 0 Å². The van der Waals surface area contributed by atoms with Gasteiger partial charge in [-0.25, -0.2) is 0 Å². The third kappa shape index (κ3) is 4.34. The van der Waals surface area contributed by atoms with E-state index in [4.69, 9.17) is 23.2 Å². The van der Waals surface area contributed by atoms with Gasteiger partial charge in [0.05, 0.1) is 26.1 Å². The van der Waals surface area contributed by atoms with Gasteiger partial charge in [-0.05, 0) is 13.8 Å². The highest BCUT2D eigenvalue weighted by Crippen LogP contribution is 2.30. The third-order valence-corrected chi connectivity index (χ3v) is 2.95. The molecule has 0 saturated carbocycles. The van der Waals surface area contributed by atoms with Crippen LogP contribution in [-0.4, -0.2) is 28.1 Å². The summed E-state index contributed by atoms with van der Waals surface area (Å²) in [5.74, 6) is -0.641. The van der Waals surface area contributed by atoms with E-state index in [1.165, 1.54) is 13.8 Å². The molecule has 0 bridgehead atoms. The van der Waals surface area contributed by atoms with Gasteiger partial charge < -0.3 is 10.4 Å². The van der Waals surface area contributed by atoms with Gasteiger partial charge in [0, 0.05) is 18.7 Å². The summed E-state index contributed by atoms with van der Waals surface area (Å²) < 4.78 is 0. The van der Waals surface area contributed by atoms with Crippen LogP contribution in [0.1, 0.15) is 24.2 Å². The number of non-ortho nitro benzene ring substituents is 1. The van der Waals surface area contributed by atoms with E-state index in [2.05, 4.69) is 5.32 Å². The van der Waals surface area contributed by atoms with Crippen molar-refractivity contribution in [3.05, 3.63) is 37.9 Å². The predicted molar refractivity (Wildman–Crippen MR) is 71.7 cm³/mol. The molecule has 1 aromatic carbocycles. The summed E-state index contributed by atoms with van der Waals surface area (Å²) >= 11 is 11.6. The number of carbonyl (C=O) groups excluding carboxylic acids is 1. The number of nitro groups is 1. The molecule has 1 amide bonds. The minimum atomic E-state index is -1.10. The minimum absolute atomic E-state index is 0.0253. The number of hydrogen-bond acceptors (Lipinski definition) is 4. The molecule has 104 valence electrons. The Hall–Kier alpha value is -1.37. The second-order valence-corrected chi connectivity index (χ2v) is 5.33. The molecule has 8 heteroatoms. The zero-order valence-corrected chi connectivity index (χ0v) is 11.7. The van der Waals surface area contributed by atoms with E-state index in [1.807, 2.05) is 0 Å². The molecule has 0 unspecified atom stereocenters. The number of nitro benzene ring substituents is 1. The maximum atomic E-state index is 11.9. The zero-order chi connectivity index (χ0) is 14.8. The van der Waals surface area contributed by atoms with Gasteiger partial charge in [0.25, 0.3) is 11.6 Å². The topological polar surface area (TPSA) is 92.5 Å². The number of amides is 1. The standard InChI is InChI=1S/C11H12Cl2N2O4/c1-11(2,17)5-14-10(16)7-3-6(15(18)19)4-8(12)9(7)13/h3-4,17H,5H2,1-2H3,(H,14,16). The Balaban J connectivity index is 3.05. The van der Waals surface area contributed by atoms with Gasteiger partial charge in [-0.3, -0.25) is 14.9 Å². The number of nitrogens with one attached hydrogen (secondary N) is 1. The monoisotopic (exact) mass is 306 g/mol. The molecule has 1 rings (SSSR count). The molecule has 0 aliphatic rings. The third-order valence-electron chi connectivity index (χ3n) is 2.15. The molecular formula is C11H12Cl2N2O4. The quantitative estimate of drug-likeness (QED) is 0.660.